The summed E-state index contributed by atoms with van der Waals surface area (Å²) in [6.07, 6.45) is 134. The fraction of sp³-hybridized carbons (Fsp3) is 0.917. The lowest BCUT2D eigenvalue weighted by Crippen LogP contribution is -1.84. The Labute approximate surface area is 614 Å². The second-order valence-corrected chi connectivity index (χ2v) is 30.8. The van der Waals surface area contributed by atoms with Crippen molar-refractivity contribution in [3.8, 4) is 0 Å². The van der Waals surface area contributed by atoms with Crippen LogP contribution in [0.5, 0.6) is 0 Å². The third kappa shape index (κ3) is 114. The molecule has 0 spiro atoms. The molecular weight excluding hydrogens is 1150 g/mol. The van der Waals surface area contributed by atoms with Gasteiger partial charge in [0, 0.05) is 0 Å². The van der Waals surface area contributed by atoms with Crippen molar-refractivity contribution in [1.29, 1.82) is 0 Å². The minimum absolute atomic E-state index is 1.30. The first-order chi connectivity index (χ1) is 47.7. The lowest BCUT2D eigenvalue weighted by molar-refractivity contribution is 0.522. The molecule has 0 saturated carbocycles. The number of hydrogen-bond acceptors (Lipinski definition) is 0. The van der Waals surface area contributed by atoms with Crippen LogP contribution in [0.1, 0.15) is 569 Å². The SMILES string of the molecule is CCCCC/C=C\CCCCCCCC.CCCCCCC/C=C\CCCCCCCC.CCCCCCC/C=C\CCCCCCCCCCCCCCCCCCCCCC.CCCCCCCCC/C=C\CCCCCCCCCCCCCCCCCCCCCC. The van der Waals surface area contributed by atoms with Crippen molar-refractivity contribution in [1.82, 2.24) is 0 Å². The van der Waals surface area contributed by atoms with E-state index in [-0.39, 0.29) is 0 Å². The average molecular weight is 1350 g/mol. The summed E-state index contributed by atoms with van der Waals surface area (Å²) in [7, 11) is 0. The zero-order valence-electron chi connectivity index (χ0n) is 69.2. The van der Waals surface area contributed by atoms with Gasteiger partial charge in [0.25, 0.3) is 0 Å². The van der Waals surface area contributed by atoms with E-state index in [4.69, 9.17) is 0 Å². The number of hydrogen-bond donors (Lipinski definition) is 0. The van der Waals surface area contributed by atoms with Crippen molar-refractivity contribution in [3.63, 3.8) is 0 Å². The fourth-order valence-electron chi connectivity index (χ4n) is 13.5. The topological polar surface area (TPSA) is 0 Å². The Bertz CT molecular complexity index is 1310. The maximum atomic E-state index is 2.45. The Morgan fingerprint density at radius 1 is 0.0833 bits per heavy atom. The third-order valence-corrected chi connectivity index (χ3v) is 20.5. The van der Waals surface area contributed by atoms with E-state index in [1.165, 1.54) is 514 Å². The molecule has 576 valence electrons. The molecule has 96 heavy (non-hydrogen) atoms. The van der Waals surface area contributed by atoms with Crippen LogP contribution in [0.2, 0.25) is 0 Å². The molecule has 0 heteroatoms. The van der Waals surface area contributed by atoms with Crippen molar-refractivity contribution < 1.29 is 0 Å². The Morgan fingerprint density at radius 2 is 0.146 bits per heavy atom. The summed E-state index contributed by atoms with van der Waals surface area (Å²) in [6.45, 7) is 18.3. The van der Waals surface area contributed by atoms with Crippen LogP contribution >= 0.6 is 0 Å². The summed E-state index contributed by atoms with van der Waals surface area (Å²) in [5.41, 5.74) is 0. The van der Waals surface area contributed by atoms with Gasteiger partial charge in [-0.25, -0.2) is 0 Å². The van der Waals surface area contributed by atoms with Crippen molar-refractivity contribution in [2.24, 2.45) is 0 Å². The predicted molar refractivity (Wildman–Crippen MR) is 451 cm³/mol. The molecule has 0 heterocycles. The average Bonchev–Trinajstić information content (AvgIpc) is 3.60. The van der Waals surface area contributed by atoms with Gasteiger partial charge >= 0.3 is 0 Å². The maximum absolute atomic E-state index is 2.45. The van der Waals surface area contributed by atoms with Crippen LogP contribution in [0.3, 0.4) is 0 Å². The Morgan fingerprint density at radius 3 is 0.240 bits per heavy atom. The van der Waals surface area contributed by atoms with Gasteiger partial charge in [0.1, 0.15) is 0 Å². The number of unbranched alkanes of at least 4 members (excludes halogenated alkanes) is 72. The van der Waals surface area contributed by atoms with E-state index >= 15 is 0 Å². The largest absolute Gasteiger partial charge is 0.0885 e. The van der Waals surface area contributed by atoms with Gasteiger partial charge in [-0.2, -0.15) is 0 Å². The highest BCUT2D eigenvalue weighted by Crippen LogP contribution is 2.19. The van der Waals surface area contributed by atoms with Crippen LogP contribution in [0.25, 0.3) is 0 Å². The molecule has 0 saturated heterocycles. The van der Waals surface area contributed by atoms with E-state index in [1.807, 2.05) is 0 Å². The molecule has 0 rings (SSSR count). The van der Waals surface area contributed by atoms with E-state index in [2.05, 4.69) is 104 Å². The first kappa shape index (κ1) is 101. The molecule has 0 atom stereocenters. The molecule has 0 radical (unpaired) electrons. The molecule has 0 aliphatic carbocycles. The van der Waals surface area contributed by atoms with Gasteiger partial charge < -0.3 is 0 Å². The van der Waals surface area contributed by atoms with Crippen LogP contribution in [-0.4, -0.2) is 0 Å². The molecule has 0 aliphatic rings. The number of rotatable bonds is 80. The van der Waals surface area contributed by atoms with Crippen LogP contribution < -0.4 is 0 Å². The summed E-state index contributed by atoms with van der Waals surface area (Å²) in [4.78, 5) is 0. The Hall–Kier alpha value is -1.04. The van der Waals surface area contributed by atoms with Gasteiger partial charge in [-0.1, -0.05) is 515 Å². The van der Waals surface area contributed by atoms with Gasteiger partial charge in [0.15, 0.2) is 0 Å². The summed E-state index contributed by atoms with van der Waals surface area (Å²) < 4.78 is 0. The standard InChI is InChI=1S/C33H66.C31H62.C17H34.C15H30/c1-3-5-7-9-11-13-15-17-19-21-23-25-27-29-31-33-32-30-28-26-24-22-20-18-16-14-12-10-8-6-4-2;1-3-5-7-9-11-13-15-17-19-21-23-25-27-29-31-30-28-26-24-22-20-18-16-14-12-10-8-6-4-2;1-3-5-7-9-11-13-15-17-16-14-12-10-8-6-4-2;1-3-5-7-9-11-13-15-14-12-10-8-6-4-2/h19,21H,3-18,20,22-33H2,1-2H3;15,17H,3-14,16,18-31H2,1-2H3;15,17H,3-14,16H2,1-2H3;11,13H,3-10,12,14-15H2,1-2H3/b21-19-;2*17-15-;13-11-. The van der Waals surface area contributed by atoms with E-state index in [0.717, 1.165) is 0 Å². The predicted octanol–water partition coefficient (Wildman–Crippen LogP) is 37.5. The minimum Gasteiger partial charge on any atom is -0.0885 e. The van der Waals surface area contributed by atoms with E-state index < -0.39 is 0 Å². The zero-order valence-corrected chi connectivity index (χ0v) is 69.2. The molecule has 0 nitrogen and oxygen atoms in total. The van der Waals surface area contributed by atoms with Gasteiger partial charge in [0.05, 0.1) is 0 Å². The first-order valence-electron chi connectivity index (χ1n) is 46.3. The minimum atomic E-state index is 1.30. The Kier molecular flexibility index (Phi) is 113. The quantitative estimate of drug-likeness (QED) is 0.0421. The van der Waals surface area contributed by atoms with Crippen molar-refractivity contribution in [3.05, 3.63) is 48.6 Å². The smallest absolute Gasteiger partial charge is 0.0351 e. The normalized spacial score (nSPS) is 11.6. The lowest BCUT2D eigenvalue weighted by Gasteiger charge is -2.04. The molecule has 0 amide bonds. The molecule has 0 aromatic heterocycles. The third-order valence-electron chi connectivity index (χ3n) is 20.5. The van der Waals surface area contributed by atoms with Crippen LogP contribution in [0.4, 0.5) is 0 Å². The second kappa shape index (κ2) is 107. The van der Waals surface area contributed by atoms with Crippen molar-refractivity contribution in [2.75, 3.05) is 0 Å². The van der Waals surface area contributed by atoms with E-state index in [0.29, 0.717) is 0 Å². The highest BCUT2D eigenvalue weighted by atomic mass is 14.1. The zero-order chi connectivity index (χ0) is 70.2. The van der Waals surface area contributed by atoms with Crippen LogP contribution in [0.15, 0.2) is 48.6 Å². The van der Waals surface area contributed by atoms with Gasteiger partial charge in [-0.05, 0) is 103 Å². The summed E-state index contributed by atoms with van der Waals surface area (Å²) >= 11 is 0. The van der Waals surface area contributed by atoms with Crippen molar-refractivity contribution >= 4 is 0 Å². The molecule has 0 aromatic carbocycles. The van der Waals surface area contributed by atoms with Gasteiger partial charge in [0.2, 0.25) is 0 Å². The molecule has 0 bridgehead atoms. The summed E-state index contributed by atoms with van der Waals surface area (Å²) in [5.74, 6) is 0. The fourth-order valence-corrected chi connectivity index (χ4v) is 13.5. The Balaban J connectivity index is -0.000000619. The number of allylic oxidation sites excluding steroid dienone is 8. The molecule has 0 fully saturated rings. The molecule has 0 aromatic rings. The molecule has 0 aliphatic heterocycles. The highest BCUT2D eigenvalue weighted by Gasteiger charge is 2.00. The first-order valence-corrected chi connectivity index (χ1v) is 46.3. The maximum Gasteiger partial charge on any atom is -0.0351 e. The van der Waals surface area contributed by atoms with Gasteiger partial charge in [-0.15, -0.1) is 0 Å². The second-order valence-electron chi connectivity index (χ2n) is 30.8. The lowest BCUT2D eigenvalue weighted by atomic mass is 10.0. The molecule has 0 N–H and O–H groups in total. The van der Waals surface area contributed by atoms with Crippen molar-refractivity contribution in [2.45, 2.75) is 569 Å². The summed E-state index contributed by atoms with van der Waals surface area (Å²) in [6, 6.07) is 0. The van der Waals surface area contributed by atoms with E-state index in [1.54, 1.807) is 0 Å². The molecular formula is C96H192. The highest BCUT2D eigenvalue weighted by molar-refractivity contribution is 4.83. The van der Waals surface area contributed by atoms with Crippen LogP contribution in [-0.2, 0) is 0 Å². The molecule has 0 unspecified atom stereocenters. The monoisotopic (exact) mass is 1350 g/mol. The van der Waals surface area contributed by atoms with Crippen LogP contribution in [0, 0.1) is 0 Å². The summed E-state index contributed by atoms with van der Waals surface area (Å²) in [5, 5.41) is 0. The van der Waals surface area contributed by atoms with Gasteiger partial charge in [-0.3, -0.25) is 0 Å². The van der Waals surface area contributed by atoms with E-state index in [9.17, 15) is 0 Å².